The Hall–Kier alpha value is -2.49. The molecule has 0 amide bonds. The molecule has 110 valence electrons. The number of anilines is 1. The summed E-state index contributed by atoms with van der Waals surface area (Å²) in [4.78, 5) is 10.8. The Labute approximate surface area is 124 Å². The summed E-state index contributed by atoms with van der Waals surface area (Å²) >= 11 is 0. The zero-order valence-corrected chi connectivity index (χ0v) is 12.2. The summed E-state index contributed by atoms with van der Waals surface area (Å²) in [7, 11) is 1.65. The van der Waals surface area contributed by atoms with E-state index in [1.54, 1.807) is 31.4 Å². The lowest BCUT2D eigenvalue weighted by Crippen LogP contribution is -2.18. The first kappa shape index (κ1) is 14.9. The molecular formula is C17H19NO3. The van der Waals surface area contributed by atoms with Crippen molar-refractivity contribution in [1.82, 2.24) is 0 Å². The number of carboxylic acids is 1. The smallest absolute Gasteiger partial charge is 0.335 e. The number of hydrogen-bond donors (Lipinski definition) is 2. The second-order valence-electron chi connectivity index (χ2n) is 4.98. The summed E-state index contributed by atoms with van der Waals surface area (Å²) < 4.78 is 5.14. The topological polar surface area (TPSA) is 58.6 Å². The molecule has 0 aliphatic rings. The molecule has 0 aliphatic heterocycles. The van der Waals surface area contributed by atoms with Gasteiger partial charge in [-0.05, 0) is 55.3 Å². The van der Waals surface area contributed by atoms with Gasteiger partial charge in [0.1, 0.15) is 5.75 Å². The van der Waals surface area contributed by atoms with E-state index in [4.69, 9.17) is 9.84 Å². The lowest BCUT2D eigenvalue weighted by atomic mass is 10.1. The number of rotatable bonds is 6. The van der Waals surface area contributed by atoms with Gasteiger partial charge in [0, 0.05) is 11.7 Å². The molecule has 1 atom stereocenters. The molecule has 2 aromatic rings. The summed E-state index contributed by atoms with van der Waals surface area (Å²) in [6.07, 6.45) is 0.880. The van der Waals surface area contributed by atoms with Crippen LogP contribution in [0, 0.1) is 0 Å². The molecule has 0 saturated heterocycles. The lowest BCUT2D eigenvalue weighted by molar-refractivity contribution is 0.0697. The lowest BCUT2D eigenvalue weighted by Gasteiger charge is -2.15. The van der Waals surface area contributed by atoms with Gasteiger partial charge in [-0.2, -0.15) is 0 Å². The highest BCUT2D eigenvalue weighted by Crippen LogP contribution is 2.15. The van der Waals surface area contributed by atoms with Crippen molar-refractivity contribution in [2.45, 2.75) is 19.4 Å². The van der Waals surface area contributed by atoms with E-state index in [0.29, 0.717) is 5.56 Å². The maximum atomic E-state index is 10.8. The molecule has 4 nitrogen and oxygen atoms in total. The maximum absolute atomic E-state index is 10.8. The van der Waals surface area contributed by atoms with Crippen LogP contribution in [0.1, 0.15) is 22.8 Å². The molecule has 2 aromatic carbocycles. The summed E-state index contributed by atoms with van der Waals surface area (Å²) in [6.45, 7) is 2.09. The minimum atomic E-state index is -0.909. The Morgan fingerprint density at radius 1 is 1.14 bits per heavy atom. The Balaban J connectivity index is 1.94. The van der Waals surface area contributed by atoms with Gasteiger partial charge in [0.25, 0.3) is 0 Å². The number of carbonyl (C=O) groups is 1. The number of ether oxygens (including phenoxy) is 1. The van der Waals surface area contributed by atoms with E-state index in [2.05, 4.69) is 12.2 Å². The largest absolute Gasteiger partial charge is 0.497 e. The Bertz CT molecular complexity index is 590. The first-order valence-corrected chi connectivity index (χ1v) is 6.81. The number of benzene rings is 2. The molecule has 0 heterocycles. The normalized spacial score (nSPS) is 11.7. The molecule has 21 heavy (non-hydrogen) atoms. The van der Waals surface area contributed by atoms with Crippen LogP contribution in [0.15, 0.2) is 48.5 Å². The SMILES string of the molecule is COc1ccc(CC(C)Nc2ccc(C(=O)O)cc2)cc1. The third kappa shape index (κ3) is 4.24. The Morgan fingerprint density at radius 2 is 1.76 bits per heavy atom. The van der Waals surface area contributed by atoms with Crippen LogP contribution in [0.2, 0.25) is 0 Å². The zero-order valence-electron chi connectivity index (χ0n) is 12.2. The van der Waals surface area contributed by atoms with Crippen molar-refractivity contribution in [1.29, 1.82) is 0 Å². The summed E-state index contributed by atoms with van der Waals surface area (Å²) in [5.74, 6) is -0.0588. The van der Waals surface area contributed by atoms with Crippen molar-refractivity contribution in [3.05, 3.63) is 59.7 Å². The van der Waals surface area contributed by atoms with E-state index in [9.17, 15) is 4.79 Å². The van der Waals surface area contributed by atoms with Crippen LogP contribution in [0.25, 0.3) is 0 Å². The van der Waals surface area contributed by atoms with Crippen molar-refractivity contribution >= 4 is 11.7 Å². The van der Waals surface area contributed by atoms with Crippen LogP contribution in [0.3, 0.4) is 0 Å². The summed E-state index contributed by atoms with van der Waals surface area (Å²) in [5, 5.41) is 12.2. The van der Waals surface area contributed by atoms with Crippen molar-refractivity contribution in [3.8, 4) is 5.75 Å². The van der Waals surface area contributed by atoms with E-state index < -0.39 is 5.97 Å². The average molecular weight is 285 g/mol. The predicted molar refractivity (Wildman–Crippen MR) is 83.2 cm³/mol. The first-order valence-electron chi connectivity index (χ1n) is 6.81. The summed E-state index contributed by atoms with van der Waals surface area (Å²) in [5.41, 5.74) is 2.43. The van der Waals surface area contributed by atoms with Gasteiger partial charge < -0.3 is 15.2 Å². The fourth-order valence-electron chi connectivity index (χ4n) is 2.16. The van der Waals surface area contributed by atoms with E-state index in [-0.39, 0.29) is 6.04 Å². The van der Waals surface area contributed by atoms with E-state index in [1.807, 2.05) is 24.3 Å². The van der Waals surface area contributed by atoms with Gasteiger partial charge in [0.05, 0.1) is 12.7 Å². The third-order valence-electron chi connectivity index (χ3n) is 3.25. The molecule has 2 rings (SSSR count). The minimum Gasteiger partial charge on any atom is -0.497 e. The van der Waals surface area contributed by atoms with Gasteiger partial charge >= 0.3 is 5.97 Å². The van der Waals surface area contributed by atoms with Crippen molar-refractivity contribution < 1.29 is 14.6 Å². The molecule has 0 aliphatic carbocycles. The molecular weight excluding hydrogens is 266 g/mol. The Kier molecular flexibility index (Phi) is 4.82. The number of hydrogen-bond acceptors (Lipinski definition) is 3. The van der Waals surface area contributed by atoms with Gasteiger partial charge in [-0.3, -0.25) is 0 Å². The van der Waals surface area contributed by atoms with Gasteiger partial charge in [-0.1, -0.05) is 12.1 Å². The summed E-state index contributed by atoms with van der Waals surface area (Å²) in [6, 6.07) is 15.0. The van der Waals surface area contributed by atoms with Crippen LogP contribution in [0.5, 0.6) is 5.75 Å². The Morgan fingerprint density at radius 3 is 2.29 bits per heavy atom. The molecule has 0 fully saturated rings. The average Bonchev–Trinajstić information content (AvgIpc) is 2.48. The minimum absolute atomic E-state index is 0.245. The second-order valence-corrected chi connectivity index (χ2v) is 4.98. The fourth-order valence-corrected chi connectivity index (χ4v) is 2.16. The number of nitrogens with one attached hydrogen (secondary N) is 1. The number of carboxylic acid groups (broad SMARTS) is 1. The van der Waals surface area contributed by atoms with Gasteiger partial charge in [0.2, 0.25) is 0 Å². The maximum Gasteiger partial charge on any atom is 0.335 e. The standard InChI is InChI=1S/C17H19NO3/c1-12(11-13-3-9-16(21-2)10-4-13)18-15-7-5-14(6-8-15)17(19)20/h3-10,12,18H,11H2,1-2H3,(H,19,20). The van der Waals surface area contributed by atoms with E-state index >= 15 is 0 Å². The van der Waals surface area contributed by atoms with Crippen LogP contribution in [-0.2, 0) is 6.42 Å². The van der Waals surface area contributed by atoms with Crippen LogP contribution in [-0.4, -0.2) is 24.2 Å². The van der Waals surface area contributed by atoms with Gasteiger partial charge in [-0.15, -0.1) is 0 Å². The third-order valence-corrected chi connectivity index (χ3v) is 3.25. The molecule has 4 heteroatoms. The highest BCUT2D eigenvalue weighted by Gasteiger charge is 2.06. The van der Waals surface area contributed by atoms with Crippen molar-refractivity contribution in [2.75, 3.05) is 12.4 Å². The van der Waals surface area contributed by atoms with Crippen LogP contribution < -0.4 is 10.1 Å². The highest BCUT2D eigenvalue weighted by molar-refractivity contribution is 5.88. The zero-order chi connectivity index (χ0) is 15.2. The van der Waals surface area contributed by atoms with E-state index in [1.165, 1.54) is 5.56 Å². The highest BCUT2D eigenvalue weighted by atomic mass is 16.5. The fraction of sp³-hybridized carbons (Fsp3) is 0.235. The van der Waals surface area contributed by atoms with Crippen molar-refractivity contribution in [2.24, 2.45) is 0 Å². The molecule has 0 saturated carbocycles. The first-order chi connectivity index (χ1) is 10.1. The number of methoxy groups -OCH3 is 1. The molecule has 2 N–H and O–H groups in total. The second kappa shape index (κ2) is 6.79. The van der Waals surface area contributed by atoms with E-state index in [0.717, 1.165) is 17.9 Å². The molecule has 1 unspecified atom stereocenters. The van der Waals surface area contributed by atoms with Crippen LogP contribution >= 0.6 is 0 Å². The molecule has 0 bridgehead atoms. The quantitative estimate of drug-likeness (QED) is 0.853. The monoisotopic (exact) mass is 285 g/mol. The molecule has 0 spiro atoms. The van der Waals surface area contributed by atoms with Gasteiger partial charge in [-0.25, -0.2) is 4.79 Å². The van der Waals surface area contributed by atoms with Gasteiger partial charge in [0.15, 0.2) is 0 Å². The number of aromatic carboxylic acids is 1. The molecule has 0 aromatic heterocycles. The predicted octanol–water partition coefficient (Wildman–Crippen LogP) is 3.44. The molecule has 0 radical (unpaired) electrons. The van der Waals surface area contributed by atoms with Crippen LogP contribution in [0.4, 0.5) is 5.69 Å². The van der Waals surface area contributed by atoms with Crippen molar-refractivity contribution in [3.63, 3.8) is 0 Å².